The maximum absolute atomic E-state index is 11.6. The maximum atomic E-state index is 11.6. The smallest absolute Gasteiger partial charge is 0.242 e. The highest BCUT2D eigenvalue weighted by Crippen LogP contribution is 2.37. The summed E-state index contributed by atoms with van der Waals surface area (Å²) in [6.45, 7) is 0.957. The second-order valence-corrected chi connectivity index (χ2v) is 3.79. The molecule has 0 spiro atoms. The average molecular weight is 246 g/mol. The number of fused-ring (bicyclic) bond motifs is 1. The second-order valence-electron chi connectivity index (χ2n) is 3.11. The lowest BCUT2D eigenvalue weighted by atomic mass is 10.2. The van der Waals surface area contributed by atoms with Crippen LogP contribution in [0.3, 0.4) is 0 Å². The van der Waals surface area contributed by atoms with E-state index in [1.54, 1.807) is 23.1 Å². The van der Waals surface area contributed by atoms with Crippen LogP contribution in [0.1, 0.15) is 0 Å². The third-order valence-electron chi connectivity index (χ3n) is 2.21. The highest BCUT2D eigenvalue weighted by Gasteiger charge is 2.25. The van der Waals surface area contributed by atoms with Crippen molar-refractivity contribution in [3.05, 3.63) is 23.2 Å². The Bertz CT molecular complexity index is 395. The van der Waals surface area contributed by atoms with E-state index in [0.717, 1.165) is 0 Å². The zero-order valence-corrected chi connectivity index (χ0v) is 9.38. The summed E-state index contributed by atoms with van der Waals surface area (Å²) in [7, 11) is 0. The first-order valence-corrected chi connectivity index (χ1v) is 5.43. The van der Waals surface area contributed by atoms with Gasteiger partial charge >= 0.3 is 0 Å². The monoisotopic (exact) mass is 245 g/mol. The average Bonchev–Trinajstić information content (AvgIpc) is 2.28. The van der Waals surface area contributed by atoms with E-state index < -0.39 is 0 Å². The molecule has 3 nitrogen and oxygen atoms in total. The number of hydrogen-bond donors (Lipinski definition) is 0. The molecule has 0 atom stereocenters. The highest BCUT2D eigenvalue weighted by molar-refractivity contribution is 6.35. The largest absolute Gasteiger partial charge is 0.489 e. The summed E-state index contributed by atoms with van der Waals surface area (Å²) in [6.07, 6.45) is 0. The number of alkyl halides is 1. The van der Waals surface area contributed by atoms with Gasteiger partial charge in [0.1, 0.15) is 23.9 Å². The minimum Gasteiger partial charge on any atom is -0.489 e. The fourth-order valence-corrected chi connectivity index (χ4v) is 1.97. The lowest BCUT2D eigenvalue weighted by Crippen LogP contribution is -2.38. The Balaban J connectivity index is 2.45. The molecule has 0 saturated heterocycles. The maximum Gasteiger partial charge on any atom is 0.242 e. The number of rotatable bonds is 1. The van der Waals surface area contributed by atoms with E-state index in [1.165, 1.54) is 0 Å². The number of amides is 1. The van der Waals surface area contributed by atoms with Crippen LogP contribution in [-0.4, -0.2) is 24.9 Å². The van der Waals surface area contributed by atoms with Gasteiger partial charge in [0.2, 0.25) is 5.91 Å². The van der Waals surface area contributed by atoms with Crippen LogP contribution in [0.15, 0.2) is 18.2 Å². The molecule has 1 aliphatic rings. The Labute approximate surface area is 97.5 Å². The summed E-state index contributed by atoms with van der Waals surface area (Å²) < 4.78 is 5.41. The summed E-state index contributed by atoms with van der Waals surface area (Å²) in [5, 5.41) is 0.505. The first kappa shape index (κ1) is 10.6. The number of carbonyl (C=O) groups is 1. The van der Waals surface area contributed by atoms with Crippen LogP contribution in [0.5, 0.6) is 5.75 Å². The summed E-state index contributed by atoms with van der Waals surface area (Å²) in [5.74, 6) is 0.423. The van der Waals surface area contributed by atoms with Crippen LogP contribution >= 0.6 is 23.2 Å². The highest BCUT2D eigenvalue weighted by atomic mass is 35.5. The van der Waals surface area contributed by atoms with Gasteiger partial charge in [-0.15, -0.1) is 11.6 Å². The van der Waals surface area contributed by atoms with Gasteiger partial charge < -0.3 is 9.64 Å². The molecule has 0 fully saturated rings. The van der Waals surface area contributed by atoms with E-state index in [4.69, 9.17) is 27.9 Å². The SMILES string of the molecule is O=C(CCl)N1CCOc2cccc(Cl)c21. The molecule has 0 N–H and O–H groups in total. The predicted octanol–water partition coefficient (Wildman–Crippen LogP) is 2.30. The van der Waals surface area contributed by atoms with E-state index in [9.17, 15) is 4.79 Å². The Morgan fingerprint density at radius 2 is 2.33 bits per heavy atom. The van der Waals surface area contributed by atoms with E-state index in [1.807, 2.05) is 0 Å². The fraction of sp³-hybridized carbons (Fsp3) is 0.300. The van der Waals surface area contributed by atoms with Crippen LogP contribution < -0.4 is 9.64 Å². The van der Waals surface area contributed by atoms with Crippen LogP contribution in [0.2, 0.25) is 5.02 Å². The molecule has 0 unspecified atom stereocenters. The van der Waals surface area contributed by atoms with Gasteiger partial charge in [-0.05, 0) is 12.1 Å². The minimum atomic E-state index is -0.158. The second kappa shape index (κ2) is 4.29. The molecule has 1 aromatic rings. The van der Waals surface area contributed by atoms with E-state index >= 15 is 0 Å². The van der Waals surface area contributed by atoms with Crippen molar-refractivity contribution in [3.63, 3.8) is 0 Å². The number of hydrogen-bond acceptors (Lipinski definition) is 2. The van der Waals surface area contributed by atoms with Crippen molar-refractivity contribution in [2.24, 2.45) is 0 Å². The van der Waals surface area contributed by atoms with Crippen LogP contribution in [0.4, 0.5) is 5.69 Å². The standard InChI is InChI=1S/C10H9Cl2NO2/c11-6-9(14)13-4-5-15-8-3-1-2-7(12)10(8)13/h1-3H,4-6H2. The number of halogens is 2. The first-order valence-electron chi connectivity index (χ1n) is 4.51. The molecule has 0 bridgehead atoms. The Kier molecular flexibility index (Phi) is 3.03. The normalized spacial score (nSPS) is 14.4. The van der Waals surface area contributed by atoms with E-state index in [2.05, 4.69) is 0 Å². The topological polar surface area (TPSA) is 29.5 Å². The van der Waals surface area contributed by atoms with Crippen LogP contribution in [-0.2, 0) is 4.79 Å². The molecular formula is C10H9Cl2NO2. The third kappa shape index (κ3) is 1.90. The number of benzene rings is 1. The predicted molar refractivity (Wildman–Crippen MR) is 60.0 cm³/mol. The number of carbonyl (C=O) groups excluding carboxylic acids is 1. The fourth-order valence-electron chi connectivity index (χ4n) is 1.55. The lowest BCUT2D eigenvalue weighted by molar-refractivity contribution is -0.116. The summed E-state index contributed by atoms with van der Waals surface area (Å²) in [6, 6.07) is 5.30. The van der Waals surface area contributed by atoms with Crippen molar-refractivity contribution >= 4 is 34.8 Å². The molecule has 1 aromatic carbocycles. The molecule has 0 aliphatic carbocycles. The first-order chi connectivity index (χ1) is 7.24. The molecule has 1 heterocycles. The van der Waals surface area contributed by atoms with Gasteiger partial charge in [-0.2, -0.15) is 0 Å². The molecule has 0 aromatic heterocycles. The summed E-state index contributed by atoms with van der Waals surface area (Å²) in [5.41, 5.74) is 0.621. The van der Waals surface area contributed by atoms with Crippen molar-refractivity contribution in [2.75, 3.05) is 23.9 Å². The van der Waals surface area contributed by atoms with Crippen LogP contribution in [0, 0.1) is 0 Å². The molecule has 0 radical (unpaired) electrons. The number of anilines is 1. The van der Waals surface area contributed by atoms with Gasteiger partial charge in [0.15, 0.2) is 0 Å². The molecule has 2 rings (SSSR count). The van der Waals surface area contributed by atoms with Gasteiger partial charge in [-0.25, -0.2) is 0 Å². The molecule has 80 valence electrons. The van der Waals surface area contributed by atoms with Gasteiger partial charge in [0.25, 0.3) is 0 Å². The van der Waals surface area contributed by atoms with Gasteiger partial charge in [0.05, 0.1) is 11.6 Å². The molecular weight excluding hydrogens is 237 g/mol. The number of ether oxygens (including phenoxy) is 1. The van der Waals surface area contributed by atoms with E-state index in [-0.39, 0.29) is 11.8 Å². The molecule has 1 aliphatic heterocycles. The van der Waals surface area contributed by atoms with Crippen molar-refractivity contribution < 1.29 is 9.53 Å². The molecule has 5 heteroatoms. The third-order valence-corrected chi connectivity index (χ3v) is 2.74. The van der Waals surface area contributed by atoms with Crippen molar-refractivity contribution in [3.8, 4) is 5.75 Å². The van der Waals surface area contributed by atoms with Crippen molar-refractivity contribution in [2.45, 2.75) is 0 Å². The molecule has 1 amide bonds. The quantitative estimate of drug-likeness (QED) is 0.711. The lowest BCUT2D eigenvalue weighted by Gasteiger charge is -2.29. The Morgan fingerprint density at radius 3 is 3.07 bits per heavy atom. The summed E-state index contributed by atoms with van der Waals surface area (Å²) in [4.78, 5) is 13.1. The summed E-state index contributed by atoms with van der Waals surface area (Å²) >= 11 is 11.6. The van der Waals surface area contributed by atoms with Crippen LogP contribution in [0.25, 0.3) is 0 Å². The van der Waals surface area contributed by atoms with Crippen molar-refractivity contribution in [1.29, 1.82) is 0 Å². The Morgan fingerprint density at radius 1 is 1.53 bits per heavy atom. The Hall–Kier alpha value is -0.930. The molecule has 15 heavy (non-hydrogen) atoms. The zero-order valence-electron chi connectivity index (χ0n) is 7.87. The number of para-hydroxylation sites is 1. The minimum absolute atomic E-state index is 0.0509. The molecule has 0 saturated carbocycles. The zero-order chi connectivity index (χ0) is 10.8. The van der Waals surface area contributed by atoms with E-state index in [0.29, 0.717) is 29.6 Å². The number of nitrogens with zero attached hydrogens (tertiary/aromatic N) is 1. The van der Waals surface area contributed by atoms with Crippen molar-refractivity contribution in [1.82, 2.24) is 0 Å². The van der Waals surface area contributed by atoms with Gasteiger partial charge in [-0.3, -0.25) is 4.79 Å². The van der Waals surface area contributed by atoms with Gasteiger partial charge in [-0.1, -0.05) is 17.7 Å². The van der Waals surface area contributed by atoms with Gasteiger partial charge in [0, 0.05) is 0 Å².